The van der Waals surface area contributed by atoms with E-state index in [-0.39, 0.29) is 13.3 Å². The van der Waals surface area contributed by atoms with Crippen molar-refractivity contribution in [2.45, 2.75) is 6.54 Å². The van der Waals surface area contributed by atoms with Crippen LogP contribution in [0.25, 0.3) is 0 Å². The van der Waals surface area contributed by atoms with Crippen molar-refractivity contribution in [2.24, 2.45) is 4.99 Å². The number of hydrogen-bond acceptors (Lipinski definition) is 9. The van der Waals surface area contributed by atoms with Crippen molar-refractivity contribution in [1.29, 1.82) is 0 Å². The van der Waals surface area contributed by atoms with E-state index in [0.717, 1.165) is 50.5 Å². The number of carboxylic acids is 1. The lowest BCUT2D eigenvalue weighted by Gasteiger charge is -2.30. The molecule has 0 radical (unpaired) electrons. The Balaban J connectivity index is 2.06. The molecule has 1 saturated heterocycles. The highest BCUT2D eigenvalue weighted by Gasteiger charge is 2.15. The number of rotatable bonds is 8. The van der Waals surface area contributed by atoms with Crippen molar-refractivity contribution in [3.8, 4) is 0 Å². The summed E-state index contributed by atoms with van der Waals surface area (Å²) in [6.07, 6.45) is 0. The molecule has 0 aliphatic carbocycles. The average Bonchev–Trinajstić information content (AvgIpc) is 2.72. The minimum Gasteiger partial charge on any atom is -0.480 e. The summed E-state index contributed by atoms with van der Waals surface area (Å²) in [7, 11) is 0. The van der Waals surface area contributed by atoms with Gasteiger partial charge in [-0.2, -0.15) is 4.99 Å². The fourth-order valence-electron chi connectivity index (χ4n) is 3.26. The number of nitrogens with zero attached hydrogens (tertiary/aromatic N) is 4. The van der Waals surface area contributed by atoms with Crippen molar-refractivity contribution in [3.05, 3.63) is 29.8 Å². The summed E-state index contributed by atoms with van der Waals surface area (Å²) in [5.41, 5.74) is 1.90. The van der Waals surface area contributed by atoms with Gasteiger partial charge in [0.25, 0.3) is 6.47 Å². The molecule has 1 aliphatic heterocycles. The lowest BCUT2D eigenvalue weighted by atomic mass is 10.2. The molecular formula is C20H29N5O4S. The number of thiocarbonyl (C=S) groups is 1. The van der Waals surface area contributed by atoms with E-state index in [1.807, 2.05) is 29.2 Å². The fourth-order valence-corrected chi connectivity index (χ4v) is 3.37. The first kappa shape index (κ1) is 24.1. The summed E-state index contributed by atoms with van der Waals surface area (Å²) in [6.45, 7) is 7.22. The van der Waals surface area contributed by atoms with E-state index in [9.17, 15) is 14.7 Å². The SMILES string of the molecule is O=COCN1CCNCCN(CC(=O)O)CCN(Cc2ccc(N=C=S)cc2)CC1. The Morgan fingerprint density at radius 3 is 2.37 bits per heavy atom. The highest BCUT2D eigenvalue weighted by molar-refractivity contribution is 7.78. The molecule has 10 heteroatoms. The highest BCUT2D eigenvalue weighted by Crippen LogP contribution is 2.14. The summed E-state index contributed by atoms with van der Waals surface area (Å²) < 4.78 is 4.95. The van der Waals surface area contributed by atoms with Gasteiger partial charge in [-0.25, -0.2) is 0 Å². The van der Waals surface area contributed by atoms with Crippen LogP contribution in [0.5, 0.6) is 0 Å². The average molecular weight is 436 g/mol. The van der Waals surface area contributed by atoms with Crippen LogP contribution in [0, 0.1) is 0 Å². The van der Waals surface area contributed by atoms with E-state index in [1.54, 1.807) is 0 Å². The highest BCUT2D eigenvalue weighted by atomic mass is 32.1. The van der Waals surface area contributed by atoms with Crippen molar-refractivity contribution in [1.82, 2.24) is 20.0 Å². The maximum absolute atomic E-state index is 11.2. The second kappa shape index (κ2) is 13.9. The molecule has 0 amide bonds. The Labute approximate surface area is 182 Å². The zero-order chi connectivity index (χ0) is 21.6. The third kappa shape index (κ3) is 9.53. The molecule has 0 saturated carbocycles. The van der Waals surface area contributed by atoms with Gasteiger partial charge in [0.15, 0.2) is 0 Å². The van der Waals surface area contributed by atoms with E-state index in [1.165, 1.54) is 0 Å². The monoisotopic (exact) mass is 435 g/mol. The number of benzene rings is 1. The molecule has 1 aliphatic rings. The van der Waals surface area contributed by atoms with Gasteiger partial charge in [-0.1, -0.05) is 12.1 Å². The van der Waals surface area contributed by atoms with E-state index in [2.05, 4.69) is 37.5 Å². The fraction of sp³-hybridized carbons (Fsp3) is 0.550. The van der Waals surface area contributed by atoms with Crippen LogP contribution in [0.1, 0.15) is 5.56 Å². The number of carboxylic acid groups (broad SMARTS) is 1. The number of isothiocyanates is 1. The molecule has 0 atom stereocenters. The Morgan fingerprint density at radius 1 is 1.10 bits per heavy atom. The Morgan fingerprint density at radius 2 is 1.73 bits per heavy atom. The van der Waals surface area contributed by atoms with Crippen molar-refractivity contribution in [3.63, 3.8) is 0 Å². The molecule has 30 heavy (non-hydrogen) atoms. The molecule has 2 rings (SSSR count). The van der Waals surface area contributed by atoms with Crippen LogP contribution in [0.4, 0.5) is 5.69 Å². The third-order valence-electron chi connectivity index (χ3n) is 4.88. The first-order chi connectivity index (χ1) is 14.6. The minimum absolute atomic E-state index is 0.0269. The van der Waals surface area contributed by atoms with E-state index in [0.29, 0.717) is 26.1 Å². The van der Waals surface area contributed by atoms with Gasteiger partial charge in [0.2, 0.25) is 0 Å². The van der Waals surface area contributed by atoms with E-state index >= 15 is 0 Å². The molecule has 0 aromatic heterocycles. The number of nitrogens with one attached hydrogen (secondary N) is 1. The zero-order valence-electron chi connectivity index (χ0n) is 17.0. The van der Waals surface area contributed by atoms with Gasteiger partial charge < -0.3 is 15.2 Å². The predicted octanol–water partition coefficient (Wildman–Crippen LogP) is 0.645. The smallest absolute Gasteiger partial charge is 0.317 e. The number of ether oxygens (including phenoxy) is 1. The summed E-state index contributed by atoms with van der Waals surface area (Å²) in [4.78, 5) is 32.1. The molecule has 1 fully saturated rings. The van der Waals surface area contributed by atoms with Crippen LogP contribution in [-0.4, -0.2) is 103 Å². The first-order valence-electron chi connectivity index (χ1n) is 9.92. The number of carbonyl (C=O) groups excluding carboxylic acids is 1. The van der Waals surface area contributed by atoms with E-state index in [4.69, 9.17) is 4.74 Å². The summed E-state index contributed by atoms with van der Waals surface area (Å²) in [5.74, 6) is -0.819. The topological polar surface area (TPSA) is 97.7 Å². The Hall–Kier alpha value is -2.20. The quantitative estimate of drug-likeness (QED) is 0.346. The number of carbonyl (C=O) groups is 2. The second-order valence-corrected chi connectivity index (χ2v) is 7.26. The standard InChI is InChI=1S/C20H29N5O4S/c26-17-29-16-25-8-6-21-5-7-23(14-20(27)28)9-10-24(11-12-25)13-18-1-3-19(4-2-18)22-15-30/h1-4,17,21H,5-14,16H2,(H,27,28). The normalized spacial score (nSPS) is 17.9. The van der Waals surface area contributed by atoms with E-state index < -0.39 is 5.97 Å². The maximum Gasteiger partial charge on any atom is 0.317 e. The molecular weight excluding hydrogens is 406 g/mol. The maximum atomic E-state index is 11.2. The summed E-state index contributed by atoms with van der Waals surface area (Å²) in [5, 5.41) is 14.9. The molecule has 2 N–H and O–H groups in total. The summed E-state index contributed by atoms with van der Waals surface area (Å²) >= 11 is 4.64. The van der Waals surface area contributed by atoms with Crippen molar-refractivity contribution in [2.75, 3.05) is 65.6 Å². The molecule has 1 aromatic rings. The van der Waals surface area contributed by atoms with Gasteiger partial charge in [-0.15, -0.1) is 0 Å². The molecule has 164 valence electrons. The van der Waals surface area contributed by atoms with Gasteiger partial charge in [-0.3, -0.25) is 24.3 Å². The lowest BCUT2D eigenvalue weighted by molar-refractivity contribution is -0.138. The summed E-state index contributed by atoms with van der Waals surface area (Å²) in [6, 6.07) is 7.82. The molecule has 1 heterocycles. The Kier molecular flexibility index (Phi) is 11.2. The van der Waals surface area contributed by atoms with Gasteiger partial charge >= 0.3 is 5.97 Å². The van der Waals surface area contributed by atoms with Gasteiger partial charge in [0.1, 0.15) is 6.73 Å². The van der Waals surface area contributed by atoms with Crippen LogP contribution in [0.2, 0.25) is 0 Å². The zero-order valence-corrected chi connectivity index (χ0v) is 17.9. The first-order valence-corrected chi connectivity index (χ1v) is 10.3. The van der Waals surface area contributed by atoms with Crippen LogP contribution >= 0.6 is 12.2 Å². The molecule has 0 spiro atoms. The van der Waals surface area contributed by atoms with Gasteiger partial charge in [0, 0.05) is 58.9 Å². The Bertz CT molecular complexity index is 712. The minimum atomic E-state index is -0.819. The van der Waals surface area contributed by atoms with Crippen LogP contribution < -0.4 is 5.32 Å². The van der Waals surface area contributed by atoms with Crippen LogP contribution in [-0.2, 0) is 20.9 Å². The van der Waals surface area contributed by atoms with Crippen LogP contribution in [0.15, 0.2) is 29.3 Å². The second-order valence-electron chi connectivity index (χ2n) is 7.08. The van der Waals surface area contributed by atoms with Gasteiger partial charge in [-0.05, 0) is 29.9 Å². The van der Waals surface area contributed by atoms with Crippen molar-refractivity contribution >= 4 is 35.5 Å². The predicted molar refractivity (Wildman–Crippen MR) is 117 cm³/mol. The third-order valence-corrected chi connectivity index (χ3v) is 4.97. The number of aliphatic carboxylic acids is 1. The lowest BCUT2D eigenvalue weighted by Crippen LogP contribution is -2.46. The largest absolute Gasteiger partial charge is 0.480 e. The molecule has 0 unspecified atom stereocenters. The van der Waals surface area contributed by atoms with Gasteiger partial charge in [0.05, 0.1) is 17.4 Å². The molecule has 1 aromatic carbocycles. The molecule has 9 nitrogen and oxygen atoms in total. The number of aliphatic imine (C=N–C) groups is 1. The van der Waals surface area contributed by atoms with Crippen molar-refractivity contribution < 1.29 is 19.4 Å². The number of hydrogen-bond donors (Lipinski definition) is 2. The molecule has 0 bridgehead atoms. The van der Waals surface area contributed by atoms with Crippen LogP contribution in [0.3, 0.4) is 0 Å².